The van der Waals surface area contributed by atoms with Crippen LogP contribution in [0.3, 0.4) is 0 Å². The zero-order valence-corrected chi connectivity index (χ0v) is 17.0. The molecule has 1 aromatic heterocycles. The minimum absolute atomic E-state index is 0.0523. The van der Waals surface area contributed by atoms with Crippen LogP contribution in [-0.2, 0) is 11.2 Å². The average molecular weight is 410 g/mol. The van der Waals surface area contributed by atoms with Crippen LogP contribution in [0.4, 0.5) is 5.69 Å². The first kappa shape index (κ1) is 19.3. The van der Waals surface area contributed by atoms with Crippen LogP contribution < -0.4 is 16.0 Å². The molecule has 0 bridgehead atoms. The molecule has 7 heteroatoms. The van der Waals surface area contributed by atoms with Gasteiger partial charge in [-0.2, -0.15) is 0 Å². The van der Waals surface area contributed by atoms with Crippen LogP contribution in [-0.4, -0.2) is 37.0 Å². The molecule has 1 unspecified atom stereocenters. The van der Waals surface area contributed by atoms with Gasteiger partial charge in [0.25, 0.3) is 0 Å². The van der Waals surface area contributed by atoms with Crippen LogP contribution in [0.15, 0.2) is 53.7 Å². The summed E-state index contributed by atoms with van der Waals surface area (Å²) in [5.74, 6) is 0.900. The van der Waals surface area contributed by atoms with Gasteiger partial charge in [-0.3, -0.25) is 9.79 Å². The lowest BCUT2D eigenvalue weighted by Gasteiger charge is -2.26. The minimum atomic E-state index is 0.0523. The van der Waals surface area contributed by atoms with E-state index in [2.05, 4.69) is 32.0 Å². The summed E-state index contributed by atoms with van der Waals surface area (Å²) >= 11 is 6.13. The number of halogens is 1. The summed E-state index contributed by atoms with van der Waals surface area (Å²) in [5.41, 5.74) is 4.35. The zero-order valence-electron chi connectivity index (χ0n) is 16.3. The Bertz CT molecular complexity index is 1060. The van der Waals surface area contributed by atoms with E-state index in [4.69, 9.17) is 11.6 Å². The van der Waals surface area contributed by atoms with Crippen molar-refractivity contribution in [1.29, 1.82) is 0 Å². The molecule has 4 rings (SSSR count). The van der Waals surface area contributed by atoms with Crippen molar-refractivity contribution >= 4 is 40.1 Å². The first-order valence-electron chi connectivity index (χ1n) is 9.73. The van der Waals surface area contributed by atoms with Gasteiger partial charge in [0.15, 0.2) is 5.96 Å². The topological polar surface area (TPSA) is 81.3 Å². The SMILES string of the molecule is CN=C(NCCc1c[nH]c2ccc(Cl)cc12)NCC1CC(=O)Nc2ccccc21. The molecule has 1 atom stereocenters. The molecule has 3 aromatic rings. The summed E-state index contributed by atoms with van der Waals surface area (Å²) in [7, 11) is 1.75. The van der Waals surface area contributed by atoms with Crippen molar-refractivity contribution in [2.24, 2.45) is 4.99 Å². The Morgan fingerprint density at radius 3 is 2.97 bits per heavy atom. The third-order valence-electron chi connectivity index (χ3n) is 5.26. The fourth-order valence-corrected chi connectivity index (χ4v) is 3.97. The fourth-order valence-electron chi connectivity index (χ4n) is 3.80. The van der Waals surface area contributed by atoms with Gasteiger partial charge in [-0.25, -0.2) is 0 Å². The summed E-state index contributed by atoms with van der Waals surface area (Å²) < 4.78 is 0. The molecule has 6 nitrogen and oxygen atoms in total. The molecule has 0 radical (unpaired) electrons. The highest BCUT2D eigenvalue weighted by atomic mass is 35.5. The van der Waals surface area contributed by atoms with Gasteiger partial charge < -0.3 is 20.9 Å². The van der Waals surface area contributed by atoms with E-state index in [9.17, 15) is 4.79 Å². The molecule has 0 saturated heterocycles. The van der Waals surface area contributed by atoms with E-state index in [1.165, 1.54) is 5.56 Å². The van der Waals surface area contributed by atoms with Crippen molar-refractivity contribution in [2.75, 3.05) is 25.5 Å². The second-order valence-electron chi connectivity index (χ2n) is 7.17. The number of para-hydroxylation sites is 1. The molecule has 150 valence electrons. The Morgan fingerprint density at radius 2 is 2.10 bits per heavy atom. The number of carbonyl (C=O) groups excluding carboxylic acids is 1. The molecule has 1 aliphatic rings. The largest absolute Gasteiger partial charge is 0.361 e. The van der Waals surface area contributed by atoms with E-state index in [0.29, 0.717) is 13.0 Å². The van der Waals surface area contributed by atoms with E-state index in [1.807, 2.05) is 42.6 Å². The normalized spacial score (nSPS) is 16.4. The molecule has 0 saturated carbocycles. The Morgan fingerprint density at radius 1 is 1.24 bits per heavy atom. The maximum Gasteiger partial charge on any atom is 0.225 e. The Labute approximate surface area is 174 Å². The van der Waals surface area contributed by atoms with Crippen molar-refractivity contribution in [3.8, 4) is 0 Å². The number of amides is 1. The van der Waals surface area contributed by atoms with E-state index < -0.39 is 0 Å². The maximum absolute atomic E-state index is 12.0. The highest BCUT2D eigenvalue weighted by Crippen LogP contribution is 2.31. The Hall–Kier alpha value is -2.99. The Kier molecular flexibility index (Phi) is 5.71. The summed E-state index contributed by atoms with van der Waals surface area (Å²) in [4.78, 5) is 19.6. The monoisotopic (exact) mass is 409 g/mol. The molecule has 0 aliphatic carbocycles. The molecule has 2 aromatic carbocycles. The number of aromatic amines is 1. The van der Waals surface area contributed by atoms with Crippen molar-refractivity contribution in [3.05, 3.63) is 64.8 Å². The third-order valence-corrected chi connectivity index (χ3v) is 5.50. The summed E-state index contributed by atoms with van der Waals surface area (Å²) in [6.07, 6.45) is 3.34. The van der Waals surface area contributed by atoms with Gasteiger partial charge in [0, 0.05) is 60.3 Å². The zero-order chi connectivity index (χ0) is 20.2. The number of anilines is 1. The molecule has 0 spiro atoms. The van der Waals surface area contributed by atoms with E-state index in [0.717, 1.165) is 46.1 Å². The van der Waals surface area contributed by atoms with Crippen molar-refractivity contribution < 1.29 is 4.79 Å². The number of nitrogens with zero attached hydrogens (tertiary/aromatic N) is 1. The smallest absolute Gasteiger partial charge is 0.225 e. The second kappa shape index (κ2) is 8.57. The molecule has 0 fully saturated rings. The predicted octanol–water partition coefficient (Wildman–Crippen LogP) is 3.65. The average Bonchev–Trinajstić information content (AvgIpc) is 3.12. The Balaban J connectivity index is 1.33. The third kappa shape index (κ3) is 4.38. The van der Waals surface area contributed by atoms with Gasteiger partial charge in [0.05, 0.1) is 0 Å². The number of hydrogen-bond acceptors (Lipinski definition) is 2. The van der Waals surface area contributed by atoms with Gasteiger partial charge in [0.1, 0.15) is 0 Å². The summed E-state index contributed by atoms with van der Waals surface area (Å²) in [6, 6.07) is 13.8. The summed E-state index contributed by atoms with van der Waals surface area (Å²) in [5, 5.41) is 11.5. The van der Waals surface area contributed by atoms with Crippen LogP contribution >= 0.6 is 11.6 Å². The van der Waals surface area contributed by atoms with Crippen LogP contribution in [0.25, 0.3) is 10.9 Å². The van der Waals surface area contributed by atoms with Crippen LogP contribution in [0, 0.1) is 0 Å². The molecule has 4 N–H and O–H groups in total. The van der Waals surface area contributed by atoms with E-state index in [1.54, 1.807) is 7.05 Å². The number of nitrogens with one attached hydrogen (secondary N) is 4. The van der Waals surface area contributed by atoms with Crippen molar-refractivity contribution in [2.45, 2.75) is 18.8 Å². The number of fused-ring (bicyclic) bond motifs is 2. The molecular formula is C22H24ClN5O. The van der Waals surface area contributed by atoms with Crippen molar-refractivity contribution in [1.82, 2.24) is 15.6 Å². The lowest BCUT2D eigenvalue weighted by Crippen LogP contribution is -2.41. The lowest BCUT2D eigenvalue weighted by atomic mass is 9.90. The first-order valence-corrected chi connectivity index (χ1v) is 10.1. The van der Waals surface area contributed by atoms with Crippen molar-refractivity contribution in [3.63, 3.8) is 0 Å². The molecule has 1 aliphatic heterocycles. The summed E-state index contributed by atoms with van der Waals surface area (Å²) in [6.45, 7) is 1.38. The second-order valence-corrected chi connectivity index (χ2v) is 7.61. The fraction of sp³-hybridized carbons (Fsp3) is 0.273. The number of H-pyrrole nitrogens is 1. The van der Waals surface area contributed by atoms with Gasteiger partial charge in [-0.15, -0.1) is 0 Å². The molecule has 1 amide bonds. The number of aliphatic imine (C=N–C) groups is 1. The number of carbonyl (C=O) groups is 1. The molecule has 29 heavy (non-hydrogen) atoms. The van der Waals surface area contributed by atoms with Crippen LogP contribution in [0.2, 0.25) is 5.02 Å². The standard InChI is InChI=1S/C22H24ClN5O/c1-24-22(25-9-8-14-12-26-19-7-6-16(23)11-18(14)19)27-13-15-10-21(29)28-20-5-3-2-4-17(15)20/h2-7,11-12,15,26H,8-10,13H2,1H3,(H,28,29)(H2,24,25,27). The van der Waals surface area contributed by atoms with Crippen LogP contribution in [0.1, 0.15) is 23.5 Å². The number of guanidine groups is 1. The molecule has 2 heterocycles. The minimum Gasteiger partial charge on any atom is -0.361 e. The van der Waals surface area contributed by atoms with Crippen LogP contribution in [0.5, 0.6) is 0 Å². The number of rotatable bonds is 5. The van der Waals surface area contributed by atoms with E-state index >= 15 is 0 Å². The lowest BCUT2D eigenvalue weighted by molar-refractivity contribution is -0.116. The highest BCUT2D eigenvalue weighted by Gasteiger charge is 2.24. The van der Waals surface area contributed by atoms with Gasteiger partial charge in [0.2, 0.25) is 5.91 Å². The first-order chi connectivity index (χ1) is 14.1. The number of hydrogen-bond donors (Lipinski definition) is 4. The van der Waals surface area contributed by atoms with Gasteiger partial charge in [-0.05, 0) is 41.8 Å². The predicted molar refractivity (Wildman–Crippen MR) is 119 cm³/mol. The van der Waals surface area contributed by atoms with Gasteiger partial charge >= 0.3 is 0 Å². The quantitative estimate of drug-likeness (QED) is 0.383. The number of aromatic nitrogens is 1. The highest BCUT2D eigenvalue weighted by molar-refractivity contribution is 6.31. The van der Waals surface area contributed by atoms with E-state index in [-0.39, 0.29) is 11.8 Å². The molecular weight excluding hydrogens is 386 g/mol. The maximum atomic E-state index is 12.0. The number of benzene rings is 2. The van der Waals surface area contributed by atoms with Gasteiger partial charge in [-0.1, -0.05) is 29.8 Å².